The van der Waals surface area contributed by atoms with Crippen LogP contribution < -0.4 is 5.32 Å². The van der Waals surface area contributed by atoms with Gasteiger partial charge in [-0.15, -0.1) is 0 Å². The quantitative estimate of drug-likeness (QED) is 0.816. The predicted octanol–water partition coefficient (Wildman–Crippen LogP) is 3.59. The first-order valence-electron chi connectivity index (χ1n) is 7.02. The Morgan fingerprint density at radius 1 is 1.04 bits per heavy atom. The number of hydrogen-bond donors (Lipinski definition) is 2. The average molecular weight is 347 g/mol. The van der Waals surface area contributed by atoms with Crippen molar-refractivity contribution in [1.29, 1.82) is 0 Å². The van der Waals surface area contributed by atoms with E-state index in [9.17, 15) is 22.8 Å². The van der Waals surface area contributed by atoms with Gasteiger partial charge in [-0.25, -0.2) is 4.79 Å². The second-order valence-electron chi connectivity index (χ2n) is 5.03. The zero-order valence-electron chi connectivity index (χ0n) is 12.9. The highest BCUT2D eigenvalue weighted by Gasteiger charge is 2.39. The van der Waals surface area contributed by atoms with Crippen molar-refractivity contribution in [3.8, 4) is 11.8 Å². The second kappa shape index (κ2) is 7.09. The number of aromatic carboxylic acids is 1. The molecule has 2 aromatic carbocycles. The summed E-state index contributed by atoms with van der Waals surface area (Å²) in [6, 6.07) is 11.2. The van der Waals surface area contributed by atoms with Crippen LogP contribution in [0.4, 0.5) is 18.9 Å². The Balaban J connectivity index is 2.52. The molecule has 0 fully saturated rings. The minimum atomic E-state index is -5.10. The Hall–Kier alpha value is -3.27. The van der Waals surface area contributed by atoms with Crippen molar-refractivity contribution in [1.82, 2.24) is 0 Å². The summed E-state index contributed by atoms with van der Waals surface area (Å²) in [7, 11) is 0. The maximum absolute atomic E-state index is 12.5. The first-order valence-corrected chi connectivity index (χ1v) is 7.02. The molecule has 2 aromatic rings. The summed E-state index contributed by atoms with van der Waals surface area (Å²) in [6.07, 6.45) is -5.10. The van der Waals surface area contributed by atoms with Gasteiger partial charge in [-0.2, -0.15) is 13.2 Å². The van der Waals surface area contributed by atoms with E-state index >= 15 is 0 Å². The molecular formula is C18H12F3NO3. The van der Waals surface area contributed by atoms with Crippen LogP contribution in [0, 0.1) is 18.8 Å². The fourth-order valence-corrected chi connectivity index (χ4v) is 2.05. The molecule has 0 bridgehead atoms. The highest BCUT2D eigenvalue weighted by molar-refractivity contribution is 5.99. The number of nitrogens with one attached hydrogen (secondary N) is 1. The molecule has 0 saturated carbocycles. The van der Waals surface area contributed by atoms with Crippen LogP contribution in [0.15, 0.2) is 42.5 Å². The zero-order valence-corrected chi connectivity index (χ0v) is 12.9. The monoisotopic (exact) mass is 347 g/mol. The Morgan fingerprint density at radius 2 is 1.68 bits per heavy atom. The van der Waals surface area contributed by atoms with Crippen LogP contribution in [0.3, 0.4) is 0 Å². The fraction of sp³-hybridized carbons (Fsp3) is 0.111. The predicted molar refractivity (Wildman–Crippen MR) is 85.2 cm³/mol. The van der Waals surface area contributed by atoms with Crippen LogP contribution in [0.25, 0.3) is 0 Å². The third-order valence-corrected chi connectivity index (χ3v) is 3.31. The van der Waals surface area contributed by atoms with Crippen molar-refractivity contribution in [2.24, 2.45) is 0 Å². The van der Waals surface area contributed by atoms with Gasteiger partial charge in [-0.3, -0.25) is 4.79 Å². The standard InChI is InChI=1S/C18H12F3NO3/c1-11-14(16(23)24)10-9-13(8-7-12-5-3-2-4-6-12)15(11)22-17(25)18(19,20)21/h2-6,9-10H,1H3,(H,22,25)(H,23,24). The summed E-state index contributed by atoms with van der Waals surface area (Å²) >= 11 is 0. The van der Waals surface area contributed by atoms with Gasteiger partial charge >= 0.3 is 18.1 Å². The van der Waals surface area contributed by atoms with Crippen LogP contribution in [0.5, 0.6) is 0 Å². The van der Waals surface area contributed by atoms with Crippen molar-refractivity contribution in [3.63, 3.8) is 0 Å². The Morgan fingerprint density at radius 3 is 2.24 bits per heavy atom. The highest BCUT2D eigenvalue weighted by atomic mass is 19.4. The number of carboxylic acids is 1. The van der Waals surface area contributed by atoms with Gasteiger partial charge in [0, 0.05) is 11.1 Å². The van der Waals surface area contributed by atoms with E-state index in [0.29, 0.717) is 5.56 Å². The van der Waals surface area contributed by atoms with E-state index in [1.165, 1.54) is 19.1 Å². The van der Waals surface area contributed by atoms with Gasteiger partial charge in [0.1, 0.15) is 0 Å². The van der Waals surface area contributed by atoms with Gasteiger partial charge in [-0.05, 0) is 36.8 Å². The summed E-state index contributed by atoms with van der Waals surface area (Å²) in [5.74, 6) is 1.92. The molecule has 0 aromatic heterocycles. The number of carboxylic acid groups (broad SMARTS) is 1. The van der Waals surface area contributed by atoms with E-state index in [1.807, 2.05) is 0 Å². The van der Waals surface area contributed by atoms with Crippen molar-refractivity contribution in [3.05, 3.63) is 64.7 Å². The molecule has 0 aliphatic rings. The molecular weight excluding hydrogens is 335 g/mol. The zero-order chi connectivity index (χ0) is 18.6. The summed E-state index contributed by atoms with van der Waals surface area (Å²) in [6.45, 7) is 1.31. The van der Waals surface area contributed by atoms with Crippen LogP contribution >= 0.6 is 0 Å². The van der Waals surface area contributed by atoms with Gasteiger partial charge in [0.15, 0.2) is 0 Å². The van der Waals surface area contributed by atoms with Crippen LogP contribution in [-0.2, 0) is 4.79 Å². The molecule has 128 valence electrons. The maximum Gasteiger partial charge on any atom is 0.471 e. The van der Waals surface area contributed by atoms with Gasteiger partial charge in [0.2, 0.25) is 0 Å². The third kappa shape index (κ3) is 4.38. The fourth-order valence-electron chi connectivity index (χ4n) is 2.05. The summed E-state index contributed by atoms with van der Waals surface area (Å²) in [5, 5.41) is 10.8. The van der Waals surface area contributed by atoms with Crippen molar-refractivity contribution in [2.75, 3.05) is 5.32 Å². The van der Waals surface area contributed by atoms with Crippen LogP contribution in [0.1, 0.15) is 27.0 Å². The van der Waals surface area contributed by atoms with Crippen molar-refractivity contribution in [2.45, 2.75) is 13.1 Å². The lowest BCUT2D eigenvalue weighted by atomic mass is 10.0. The lowest BCUT2D eigenvalue weighted by Crippen LogP contribution is -2.30. The molecule has 7 heteroatoms. The number of rotatable bonds is 2. The number of carbonyl (C=O) groups excluding carboxylic acids is 1. The molecule has 1 amide bonds. The van der Waals surface area contributed by atoms with E-state index in [1.54, 1.807) is 35.6 Å². The molecule has 4 nitrogen and oxygen atoms in total. The molecule has 0 atom stereocenters. The molecule has 0 saturated heterocycles. The first-order chi connectivity index (χ1) is 11.7. The van der Waals surface area contributed by atoms with Gasteiger partial charge in [-0.1, -0.05) is 30.0 Å². The normalized spacial score (nSPS) is 10.6. The number of benzene rings is 2. The first kappa shape index (κ1) is 18.1. The molecule has 0 heterocycles. The second-order valence-corrected chi connectivity index (χ2v) is 5.03. The summed E-state index contributed by atoms with van der Waals surface area (Å²) in [5.41, 5.74) is 0.206. The van der Waals surface area contributed by atoms with Gasteiger partial charge < -0.3 is 10.4 Å². The minimum Gasteiger partial charge on any atom is -0.478 e. The topological polar surface area (TPSA) is 66.4 Å². The lowest BCUT2D eigenvalue weighted by Gasteiger charge is -2.14. The SMILES string of the molecule is Cc1c(C(=O)O)ccc(C#Cc2ccccc2)c1NC(=O)C(F)(F)F. The van der Waals surface area contributed by atoms with E-state index in [0.717, 1.165) is 0 Å². The summed E-state index contributed by atoms with van der Waals surface area (Å²) < 4.78 is 37.6. The smallest absolute Gasteiger partial charge is 0.471 e. The van der Waals surface area contributed by atoms with E-state index in [2.05, 4.69) is 11.8 Å². The number of hydrogen-bond acceptors (Lipinski definition) is 2. The number of anilines is 1. The molecule has 0 unspecified atom stereocenters. The molecule has 0 radical (unpaired) electrons. The lowest BCUT2D eigenvalue weighted by molar-refractivity contribution is -0.167. The number of halogens is 3. The summed E-state index contributed by atoms with van der Waals surface area (Å²) in [4.78, 5) is 22.4. The molecule has 0 aliphatic heterocycles. The van der Waals surface area contributed by atoms with Crippen LogP contribution in [-0.4, -0.2) is 23.2 Å². The number of alkyl halides is 3. The van der Waals surface area contributed by atoms with Crippen LogP contribution in [0.2, 0.25) is 0 Å². The van der Waals surface area contributed by atoms with Gasteiger partial charge in [0.25, 0.3) is 0 Å². The van der Waals surface area contributed by atoms with E-state index < -0.39 is 18.1 Å². The molecule has 2 N–H and O–H groups in total. The number of amides is 1. The Kier molecular flexibility index (Phi) is 5.13. The van der Waals surface area contributed by atoms with Crippen molar-refractivity contribution < 1.29 is 27.9 Å². The molecule has 0 spiro atoms. The maximum atomic E-state index is 12.5. The van der Waals surface area contributed by atoms with E-state index in [-0.39, 0.29) is 22.4 Å². The molecule has 25 heavy (non-hydrogen) atoms. The highest BCUT2D eigenvalue weighted by Crippen LogP contribution is 2.26. The van der Waals surface area contributed by atoms with Gasteiger partial charge in [0.05, 0.1) is 11.3 Å². The average Bonchev–Trinajstić information content (AvgIpc) is 2.55. The largest absolute Gasteiger partial charge is 0.478 e. The third-order valence-electron chi connectivity index (χ3n) is 3.31. The van der Waals surface area contributed by atoms with E-state index in [4.69, 9.17) is 5.11 Å². The Bertz CT molecular complexity index is 878. The Labute approximate surface area is 141 Å². The molecule has 0 aliphatic carbocycles. The van der Waals surface area contributed by atoms with Crippen molar-refractivity contribution >= 4 is 17.6 Å². The molecule has 2 rings (SSSR count). The minimum absolute atomic E-state index is 0.00929. The number of carbonyl (C=O) groups is 2.